The van der Waals surface area contributed by atoms with Gasteiger partial charge >= 0.3 is 0 Å². The van der Waals surface area contributed by atoms with Gasteiger partial charge in [-0.1, -0.05) is 11.6 Å². The SMILES string of the molecule is Cc1ccc(-c2cc3cc(Cl)ccc3n2S(=O)(=O)c2cc(F)cc(F)c2O)nn1. The van der Waals surface area contributed by atoms with Gasteiger partial charge in [-0.2, -0.15) is 5.10 Å². The number of hydrogen-bond acceptors (Lipinski definition) is 5. The number of aryl methyl sites for hydroxylation is 1. The van der Waals surface area contributed by atoms with E-state index in [1.807, 2.05) is 0 Å². The van der Waals surface area contributed by atoms with E-state index in [1.165, 1.54) is 18.2 Å². The summed E-state index contributed by atoms with van der Waals surface area (Å²) in [6, 6.07) is 10.2. The van der Waals surface area contributed by atoms with E-state index in [0.29, 0.717) is 28.2 Å². The van der Waals surface area contributed by atoms with Crippen LogP contribution in [-0.2, 0) is 10.0 Å². The molecular weight excluding hydrogens is 424 g/mol. The van der Waals surface area contributed by atoms with Gasteiger partial charge in [0.2, 0.25) is 0 Å². The lowest BCUT2D eigenvalue weighted by Gasteiger charge is -2.13. The highest BCUT2D eigenvalue weighted by molar-refractivity contribution is 7.90. The number of aromatic hydroxyl groups is 1. The van der Waals surface area contributed by atoms with Gasteiger partial charge in [0, 0.05) is 16.5 Å². The van der Waals surface area contributed by atoms with Crippen molar-refractivity contribution in [2.75, 3.05) is 0 Å². The molecule has 6 nitrogen and oxygen atoms in total. The molecule has 0 saturated carbocycles. The number of phenols is 1. The molecule has 0 bridgehead atoms. The van der Waals surface area contributed by atoms with Gasteiger partial charge in [0.25, 0.3) is 10.0 Å². The number of nitrogens with zero attached hydrogens (tertiary/aromatic N) is 3. The van der Waals surface area contributed by atoms with Crippen molar-refractivity contribution in [3.63, 3.8) is 0 Å². The summed E-state index contributed by atoms with van der Waals surface area (Å²) in [5.74, 6) is -3.71. The molecular formula is C19H12ClF2N3O3S. The maximum Gasteiger partial charge on any atom is 0.272 e. The van der Waals surface area contributed by atoms with Crippen molar-refractivity contribution in [1.29, 1.82) is 0 Å². The Morgan fingerprint density at radius 3 is 2.48 bits per heavy atom. The Bertz CT molecular complexity index is 1370. The number of halogens is 3. The molecule has 0 atom stereocenters. The normalized spacial score (nSPS) is 11.9. The van der Waals surface area contributed by atoms with Crippen molar-refractivity contribution in [3.8, 4) is 17.1 Å². The summed E-state index contributed by atoms with van der Waals surface area (Å²) in [6.07, 6.45) is 0. The van der Waals surface area contributed by atoms with Gasteiger partial charge in [-0.25, -0.2) is 21.2 Å². The van der Waals surface area contributed by atoms with E-state index in [1.54, 1.807) is 25.1 Å². The molecule has 0 aliphatic rings. The first kappa shape index (κ1) is 19.3. The summed E-state index contributed by atoms with van der Waals surface area (Å²) < 4.78 is 55.2. The molecule has 4 rings (SSSR count). The first-order valence-electron chi connectivity index (χ1n) is 8.24. The third-order valence-corrected chi connectivity index (χ3v) is 6.27. The zero-order valence-electron chi connectivity index (χ0n) is 14.8. The Labute approximate surface area is 169 Å². The van der Waals surface area contributed by atoms with Crippen molar-refractivity contribution in [2.45, 2.75) is 11.8 Å². The van der Waals surface area contributed by atoms with Crippen molar-refractivity contribution >= 4 is 32.5 Å². The monoisotopic (exact) mass is 435 g/mol. The molecule has 29 heavy (non-hydrogen) atoms. The zero-order chi connectivity index (χ0) is 20.9. The molecule has 1 N–H and O–H groups in total. The summed E-state index contributed by atoms with van der Waals surface area (Å²) in [6.45, 7) is 1.72. The lowest BCUT2D eigenvalue weighted by Crippen LogP contribution is -2.15. The van der Waals surface area contributed by atoms with E-state index < -0.39 is 32.3 Å². The van der Waals surface area contributed by atoms with Crippen molar-refractivity contribution in [2.24, 2.45) is 0 Å². The largest absolute Gasteiger partial charge is 0.504 e. The minimum atomic E-state index is -4.62. The van der Waals surface area contributed by atoms with Gasteiger partial charge in [0.15, 0.2) is 11.6 Å². The molecule has 4 aromatic rings. The quantitative estimate of drug-likeness (QED) is 0.519. The average Bonchev–Trinajstić information content (AvgIpc) is 3.04. The van der Waals surface area contributed by atoms with Gasteiger partial charge in [-0.15, -0.1) is 5.10 Å². The predicted octanol–water partition coefficient (Wildman–Crippen LogP) is 4.28. The van der Waals surface area contributed by atoms with E-state index in [0.717, 1.165) is 3.97 Å². The Morgan fingerprint density at radius 1 is 1.03 bits per heavy atom. The topological polar surface area (TPSA) is 85.1 Å². The smallest absolute Gasteiger partial charge is 0.272 e. The Morgan fingerprint density at radius 2 is 1.79 bits per heavy atom. The van der Waals surface area contributed by atoms with Crippen LogP contribution in [0.4, 0.5) is 8.78 Å². The standard InChI is InChI=1S/C19H12ClF2N3O3S/c1-10-2-4-15(24-23-10)17-7-11-6-12(20)3-5-16(11)25(17)29(27,28)18-9-13(21)8-14(22)19(18)26/h2-9,26H,1H3. The molecule has 0 aliphatic heterocycles. The van der Waals surface area contributed by atoms with Crippen molar-refractivity contribution in [1.82, 2.24) is 14.2 Å². The number of aromatic nitrogens is 3. The Balaban J connectivity index is 2.09. The molecule has 0 fully saturated rings. The van der Waals surface area contributed by atoms with Crippen molar-refractivity contribution in [3.05, 3.63) is 70.9 Å². The van der Waals surface area contributed by atoms with E-state index in [4.69, 9.17) is 11.6 Å². The minimum Gasteiger partial charge on any atom is -0.504 e. The maximum absolute atomic E-state index is 13.8. The number of phenolic OH excluding ortho intramolecular Hbond substituents is 1. The van der Waals surface area contributed by atoms with E-state index in [9.17, 15) is 22.3 Å². The molecule has 0 amide bonds. The Kier molecular flexibility index (Phi) is 4.51. The fourth-order valence-corrected chi connectivity index (χ4v) is 4.78. The van der Waals surface area contributed by atoms with Gasteiger partial charge < -0.3 is 5.11 Å². The number of hydrogen-bond donors (Lipinski definition) is 1. The van der Waals surface area contributed by atoms with Crippen LogP contribution in [0.5, 0.6) is 5.75 Å². The highest BCUT2D eigenvalue weighted by Crippen LogP contribution is 2.36. The van der Waals surface area contributed by atoms with Crippen LogP contribution in [0.3, 0.4) is 0 Å². The molecule has 2 aromatic carbocycles. The lowest BCUT2D eigenvalue weighted by atomic mass is 10.2. The number of benzene rings is 2. The zero-order valence-corrected chi connectivity index (χ0v) is 16.3. The van der Waals surface area contributed by atoms with Gasteiger partial charge in [-0.05, 0) is 49.4 Å². The second-order valence-electron chi connectivity index (χ2n) is 6.30. The Hall–Kier alpha value is -3.04. The van der Waals surface area contributed by atoms with Gasteiger partial charge in [0.05, 0.1) is 16.9 Å². The molecule has 2 heterocycles. The molecule has 0 radical (unpaired) electrons. The second kappa shape index (κ2) is 6.78. The summed E-state index contributed by atoms with van der Waals surface area (Å²) >= 11 is 6.02. The van der Waals surface area contributed by atoms with Crippen LogP contribution in [0.1, 0.15) is 5.69 Å². The summed E-state index contributed by atoms with van der Waals surface area (Å²) in [4.78, 5) is -0.913. The van der Waals surface area contributed by atoms with Crippen LogP contribution in [-0.4, -0.2) is 27.7 Å². The van der Waals surface area contributed by atoms with Crippen LogP contribution in [0.15, 0.2) is 53.4 Å². The molecule has 148 valence electrons. The predicted molar refractivity (Wildman–Crippen MR) is 103 cm³/mol. The first-order chi connectivity index (χ1) is 13.7. The number of fused-ring (bicyclic) bond motifs is 1. The van der Waals surface area contributed by atoms with Gasteiger partial charge in [0.1, 0.15) is 16.4 Å². The van der Waals surface area contributed by atoms with Crippen LogP contribution in [0.25, 0.3) is 22.3 Å². The van der Waals surface area contributed by atoms with Crippen LogP contribution < -0.4 is 0 Å². The first-order valence-corrected chi connectivity index (χ1v) is 10.1. The lowest BCUT2D eigenvalue weighted by molar-refractivity contribution is 0.411. The summed E-state index contributed by atoms with van der Waals surface area (Å²) in [5.41, 5.74) is 1.12. The maximum atomic E-state index is 13.8. The minimum absolute atomic E-state index is 0.0961. The van der Waals surface area contributed by atoms with E-state index in [-0.39, 0.29) is 16.9 Å². The van der Waals surface area contributed by atoms with Crippen molar-refractivity contribution < 1.29 is 22.3 Å². The molecule has 10 heteroatoms. The fourth-order valence-electron chi connectivity index (χ4n) is 2.97. The molecule has 0 aliphatic carbocycles. The second-order valence-corrected chi connectivity index (χ2v) is 8.49. The van der Waals surface area contributed by atoms with E-state index in [2.05, 4.69) is 10.2 Å². The highest BCUT2D eigenvalue weighted by atomic mass is 35.5. The molecule has 0 spiro atoms. The highest BCUT2D eigenvalue weighted by Gasteiger charge is 2.29. The fraction of sp³-hybridized carbons (Fsp3) is 0.0526. The van der Waals surface area contributed by atoms with Crippen LogP contribution in [0, 0.1) is 18.6 Å². The molecule has 2 aromatic heterocycles. The summed E-state index contributed by atoms with van der Waals surface area (Å²) in [7, 11) is -4.62. The molecule has 0 unspecified atom stereocenters. The van der Waals surface area contributed by atoms with Crippen LogP contribution in [0.2, 0.25) is 5.02 Å². The average molecular weight is 436 g/mol. The van der Waals surface area contributed by atoms with Crippen LogP contribution >= 0.6 is 11.6 Å². The number of rotatable bonds is 3. The van der Waals surface area contributed by atoms with E-state index >= 15 is 0 Å². The summed E-state index contributed by atoms with van der Waals surface area (Å²) in [5, 5.41) is 18.8. The molecule has 0 saturated heterocycles. The third-order valence-electron chi connectivity index (χ3n) is 4.29. The van der Waals surface area contributed by atoms with Gasteiger partial charge in [-0.3, -0.25) is 0 Å². The third kappa shape index (κ3) is 3.22.